The first kappa shape index (κ1) is 15.5. The van der Waals surface area contributed by atoms with Gasteiger partial charge in [0.2, 0.25) is 0 Å². The quantitative estimate of drug-likeness (QED) is 0.639. The number of nitrogens with one attached hydrogen (secondary N) is 1. The third-order valence-electron chi connectivity index (χ3n) is 2.27. The molecule has 0 bridgehead atoms. The number of carbonyl (C=O) groups is 2. The Kier molecular flexibility index (Phi) is 5.82. The average molecular weight is 329 g/mol. The minimum Gasteiger partial charge on any atom is -0.452 e. The fourth-order valence-electron chi connectivity index (χ4n) is 1.25. The molecule has 0 radical (unpaired) electrons. The summed E-state index contributed by atoms with van der Waals surface area (Å²) in [4.78, 5) is 23.1. The molecule has 0 saturated heterocycles. The van der Waals surface area contributed by atoms with Gasteiger partial charge in [-0.2, -0.15) is 0 Å². The van der Waals surface area contributed by atoms with Crippen LogP contribution in [-0.4, -0.2) is 25.0 Å². The number of nitrogen functional groups attached to an aromatic ring is 1. The van der Waals surface area contributed by atoms with Crippen LogP contribution in [0.5, 0.6) is 0 Å². The first-order valence-electron chi connectivity index (χ1n) is 5.89. The third-order valence-corrected chi connectivity index (χ3v) is 3.00. The topological polar surface area (TPSA) is 81.4 Å². The second-order valence-corrected chi connectivity index (χ2v) is 5.36. The highest BCUT2D eigenvalue weighted by Gasteiger charge is 2.11. The lowest BCUT2D eigenvalue weighted by Crippen LogP contribution is -2.31. The Hall–Kier alpha value is -1.56. The van der Waals surface area contributed by atoms with Crippen LogP contribution >= 0.6 is 15.9 Å². The van der Waals surface area contributed by atoms with Gasteiger partial charge in [-0.3, -0.25) is 4.79 Å². The average Bonchev–Trinajstić information content (AvgIpc) is 2.36. The maximum atomic E-state index is 11.7. The van der Waals surface area contributed by atoms with E-state index in [0.29, 0.717) is 28.2 Å². The van der Waals surface area contributed by atoms with Gasteiger partial charge in [0, 0.05) is 16.7 Å². The van der Waals surface area contributed by atoms with Gasteiger partial charge in [0.1, 0.15) is 0 Å². The van der Waals surface area contributed by atoms with Crippen molar-refractivity contribution in [1.29, 1.82) is 0 Å². The highest BCUT2D eigenvalue weighted by Crippen LogP contribution is 2.20. The summed E-state index contributed by atoms with van der Waals surface area (Å²) in [6, 6.07) is 4.73. The molecule has 0 spiro atoms. The van der Waals surface area contributed by atoms with E-state index >= 15 is 0 Å². The Bertz CT molecular complexity index is 475. The SMILES string of the molecule is CC(C)CNC(=O)COC(=O)c1ccc(Br)c(N)c1. The number of hydrogen-bond donors (Lipinski definition) is 2. The van der Waals surface area contributed by atoms with Crippen LogP contribution in [-0.2, 0) is 9.53 Å². The number of halogens is 1. The number of rotatable bonds is 5. The van der Waals surface area contributed by atoms with E-state index in [9.17, 15) is 9.59 Å². The minimum atomic E-state index is -0.570. The van der Waals surface area contributed by atoms with E-state index in [4.69, 9.17) is 10.5 Å². The molecule has 3 N–H and O–H groups in total. The lowest BCUT2D eigenvalue weighted by molar-refractivity contribution is -0.124. The second kappa shape index (κ2) is 7.13. The van der Waals surface area contributed by atoms with Crippen LogP contribution in [0.15, 0.2) is 22.7 Å². The maximum Gasteiger partial charge on any atom is 0.338 e. The van der Waals surface area contributed by atoms with Crippen molar-refractivity contribution >= 4 is 33.5 Å². The predicted molar refractivity (Wildman–Crippen MR) is 76.7 cm³/mol. The molecule has 0 saturated carbocycles. The fourth-order valence-corrected chi connectivity index (χ4v) is 1.50. The number of esters is 1. The van der Waals surface area contributed by atoms with Gasteiger partial charge in [0.15, 0.2) is 6.61 Å². The van der Waals surface area contributed by atoms with Crippen LogP contribution in [0.4, 0.5) is 5.69 Å². The lowest BCUT2D eigenvalue weighted by Gasteiger charge is -2.08. The van der Waals surface area contributed by atoms with E-state index in [-0.39, 0.29) is 12.5 Å². The number of hydrogen-bond acceptors (Lipinski definition) is 4. The summed E-state index contributed by atoms with van der Waals surface area (Å²) in [6.45, 7) is 4.23. The number of nitrogens with two attached hydrogens (primary N) is 1. The minimum absolute atomic E-state index is 0.290. The summed E-state index contributed by atoms with van der Waals surface area (Å²) in [5.41, 5.74) is 6.42. The van der Waals surface area contributed by atoms with Crippen molar-refractivity contribution in [3.8, 4) is 0 Å². The Labute approximate surface area is 120 Å². The Balaban J connectivity index is 2.47. The van der Waals surface area contributed by atoms with Crippen LogP contribution in [0.2, 0.25) is 0 Å². The molecule has 0 aliphatic rings. The Morgan fingerprint density at radius 2 is 2.11 bits per heavy atom. The zero-order valence-electron chi connectivity index (χ0n) is 10.9. The molecule has 6 heteroatoms. The van der Waals surface area contributed by atoms with Gasteiger partial charge < -0.3 is 15.8 Å². The molecule has 0 heterocycles. The number of carbonyl (C=O) groups excluding carboxylic acids is 2. The number of amides is 1. The van der Waals surface area contributed by atoms with E-state index < -0.39 is 5.97 Å². The zero-order chi connectivity index (χ0) is 14.4. The summed E-state index contributed by atoms with van der Waals surface area (Å²) < 4.78 is 5.60. The van der Waals surface area contributed by atoms with Crippen molar-refractivity contribution in [1.82, 2.24) is 5.32 Å². The molecule has 0 fully saturated rings. The molecular formula is C13H17BrN2O3. The lowest BCUT2D eigenvalue weighted by atomic mass is 10.2. The monoisotopic (exact) mass is 328 g/mol. The molecule has 0 unspecified atom stereocenters. The zero-order valence-corrected chi connectivity index (χ0v) is 12.5. The largest absolute Gasteiger partial charge is 0.452 e. The third kappa shape index (κ3) is 5.30. The Morgan fingerprint density at radius 3 is 2.68 bits per heavy atom. The van der Waals surface area contributed by atoms with Crippen molar-refractivity contribution in [3.05, 3.63) is 28.2 Å². The van der Waals surface area contributed by atoms with Gasteiger partial charge in [-0.1, -0.05) is 13.8 Å². The van der Waals surface area contributed by atoms with E-state index in [1.807, 2.05) is 13.8 Å². The van der Waals surface area contributed by atoms with Gasteiger partial charge in [-0.25, -0.2) is 4.79 Å². The molecule has 0 aromatic heterocycles. The second-order valence-electron chi connectivity index (χ2n) is 4.51. The fraction of sp³-hybridized carbons (Fsp3) is 0.385. The first-order valence-corrected chi connectivity index (χ1v) is 6.68. The summed E-state index contributed by atoms with van der Waals surface area (Å²) in [5, 5.41) is 2.66. The molecule has 1 amide bonds. The highest BCUT2D eigenvalue weighted by atomic mass is 79.9. The van der Waals surface area contributed by atoms with Crippen LogP contribution in [0, 0.1) is 5.92 Å². The number of anilines is 1. The van der Waals surface area contributed by atoms with Gasteiger partial charge in [0.25, 0.3) is 5.91 Å². The summed E-state index contributed by atoms with van der Waals surface area (Å²) >= 11 is 3.23. The molecule has 0 atom stereocenters. The van der Waals surface area contributed by atoms with Gasteiger partial charge in [-0.05, 0) is 40.0 Å². The molecule has 0 aliphatic carbocycles. The smallest absolute Gasteiger partial charge is 0.338 e. The highest BCUT2D eigenvalue weighted by molar-refractivity contribution is 9.10. The number of benzene rings is 1. The normalized spacial score (nSPS) is 10.3. The molecule has 5 nitrogen and oxygen atoms in total. The van der Waals surface area contributed by atoms with Gasteiger partial charge in [0.05, 0.1) is 5.56 Å². The molecule has 1 aromatic carbocycles. The maximum absolute atomic E-state index is 11.7. The number of ether oxygens (including phenoxy) is 1. The molecule has 0 aliphatic heterocycles. The summed E-state index contributed by atoms with van der Waals surface area (Å²) in [6.07, 6.45) is 0. The van der Waals surface area contributed by atoms with E-state index in [0.717, 1.165) is 0 Å². The van der Waals surface area contributed by atoms with Crippen molar-refractivity contribution in [2.75, 3.05) is 18.9 Å². The van der Waals surface area contributed by atoms with E-state index in [1.165, 1.54) is 6.07 Å². The van der Waals surface area contributed by atoms with Crippen LogP contribution < -0.4 is 11.1 Å². The Morgan fingerprint density at radius 1 is 1.42 bits per heavy atom. The standard InChI is InChI=1S/C13H17BrN2O3/c1-8(2)6-16-12(17)7-19-13(18)9-3-4-10(14)11(15)5-9/h3-5,8H,6-7,15H2,1-2H3,(H,16,17). The van der Waals surface area contributed by atoms with Crippen molar-refractivity contribution in [2.24, 2.45) is 5.92 Å². The van der Waals surface area contributed by atoms with Crippen molar-refractivity contribution in [2.45, 2.75) is 13.8 Å². The van der Waals surface area contributed by atoms with E-state index in [1.54, 1.807) is 12.1 Å². The van der Waals surface area contributed by atoms with E-state index in [2.05, 4.69) is 21.2 Å². The molecule has 104 valence electrons. The molecular weight excluding hydrogens is 312 g/mol. The molecule has 19 heavy (non-hydrogen) atoms. The predicted octanol–water partition coefficient (Wildman–Crippen LogP) is 1.96. The molecule has 1 aromatic rings. The summed E-state index contributed by atoms with van der Waals surface area (Å²) in [7, 11) is 0. The van der Waals surface area contributed by atoms with Crippen molar-refractivity contribution < 1.29 is 14.3 Å². The van der Waals surface area contributed by atoms with Crippen LogP contribution in [0.1, 0.15) is 24.2 Å². The van der Waals surface area contributed by atoms with Crippen molar-refractivity contribution in [3.63, 3.8) is 0 Å². The molecule has 1 rings (SSSR count). The first-order chi connectivity index (χ1) is 8.90. The van der Waals surface area contributed by atoms with Gasteiger partial charge >= 0.3 is 5.97 Å². The van der Waals surface area contributed by atoms with Crippen LogP contribution in [0.25, 0.3) is 0 Å². The van der Waals surface area contributed by atoms with Crippen LogP contribution in [0.3, 0.4) is 0 Å². The summed E-state index contributed by atoms with van der Waals surface area (Å²) in [5.74, 6) is -0.531. The van der Waals surface area contributed by atoms with Gasteiger partial charge in [-0.15, -0.1) is 0 Å².